The Morgan fingerprint density at radius 1 is 1.26 bits per heavy atom. The van der Waals surface area contributed by atoms with Gasteiger partial charge in [-0.15, -0.1) is 0 Å². The second-order valence-electron chi connectivity index (χ2n) is 5.31. The molecule has 23 heavy (non-hydrogen) atoms. The molecule has 1 aromatic heterocycles. The molecule has 0 spiro atoms. The van der Waals surface area contributed by atoms with Gasteiger partial charge in [0.05, 0.1) is 12.3 Å². The Morgan fingerprint density at radius 3 is 2.61 bits per heavy atom. The highest BCUT2D eigenvalue weighted by Gasteiger charge is 2.43. The van der Waals surface area contributed by atoms with Gasteiger partial charge in [0, 0.05) is 29.5 Å². The summed E-state index contributed by atoms with van der Waals surface area (Å²) in [6.07, 6.45) is 3.53. The van der Waals surface area contributed by atoms with Gasteiger partial charge in [0.2, 0.25) is 0 Å². The van der Waals surface area contributed by atoms with Gasteiger partial charge in [0.25, 0.3) is 0 Å². The third-order valence-electron chi connectivity index (χ3n) is 3.85. The van der Waals surface area contributed by atoms with Crippen molar-refractivity contribution in [1.29, 1.82) is 0 Å². The van der Waals surface area contributed by atoms with Gasteiger partial charge in [-0.3, -0.25) is 9.98 Å². The molecule has 1 aromatic carbocycles. The highest BCUT2D eigenvalue weighted by atomic mass is 35.5. The van der Waals surface area contributed by atoms with Crippen LogP contribution in [0, 0.1) is 0 Å². The monoisotopic (exact) mass is 347 g/mol. The van der Waals surface area contributed by atoms with Crippen molar-refractivity contribution in [1.82, 2.24) is 9.88 Å². The number of aromatic nitrogens is 1. The smallest absolute Gasteiger partial charge is 0.175 e. The lowest BCUT2D eigenvalue weighted by Crippen LogP contribution is -2.44. The van der Waals surface area contributed by atoms with Crippen LogP contribution in [0.15, 0.2) is 53.8 Å². The molecular weight excluding hydrogens is 330 g/mol. The number of nitrogens with zero attached hydrogens (tertiary/aromatic N) is 3. The minimum absolute atomic E-state index is 0.553. The number of hydrogen-bond donors (Lipinski definition) is 1. The minimum atomic E-state index is -1.04. The van der Waals surface area contributed by atoms with E-state index >= 15 is 0 Å². The maximum absolute atomic E-state index is 11.2. The molecule has 1 aliphatic rings. The third-order valence-corrected chi connectivity index (χ3v) is 5.26. The van der Waals surface area contributed by atoms with Crippen LogP contribution >= 0.6 is 23.4 Å². The standard InChI is InChI=1S/C17H18ClN3OS/c1-2-21-16(20-11-13-7-9-19-10-8-13)23-12-17(21,22)14-3-5-15(18)6-4-14/h3-10,22H,2,11-12H2,1H3. The molecule has 2 aromatic rings. The van der Waals surface area contributed by atoms with Gasteiger partial charge < -0.3 is 10.0 Å². The van der Waals surface area contributed by atoms with Gasteiger partial charge in [-0.1, -0.05) is 35.5 Å². The minimum Gasteiger partial charge on any atom is -0.366 e. The van der Waals surface area contributed by atoms with Gasteiger partial charge in [-0.25, -0.2) is 0 Å². The second-order valence-corrected chi connectivity index (χ2v) is 6.69. The second kappa shape index (κ2) is 6.91. The van der Waals surface area contributed by atoms with Crippen LogP contribution in [0.2, 0.25) is 5.02 Å². The molecule has 1 unspecified atom stereocenters. The summed E-state index contributed by atoms with van der Waals surface area (Å²) in [5.74, 6) is 0.553. The van der Waals surface area contributed by atoms with Crippen LogP contribution in [-0.4, -0.2) is 32.5 Å². The molecule has 1 saturated heterocycles. The summed E-state index contributed by atoms with van der Waals surface area (Å²) >= 11 is 7.53. The fraction of sp³-hybridized carbons (Fsp3) is 0.294. The highest BCUT2D eigenvalue weighted by molar-refractivity contribution is 8.14. The first-order valence-corrected chi connectivity index (χ1v) is 8.82. The number of amidine groups is 1. The first-order chi connectivity index (χ1) is 11.1. The zero-order valence-corrected chi connectivity index (χ0v) is 14.4. The summed E-state index contributed by atoms with van der Waals surface area (Å²) < 4.78 is 0. The summed E-state index contributed by atoms with van der Waals surface area (Å²) in [7, 11) is 0. The first kappa shape index (κ1) is 16.3. The van der Waals surface area contributed by atoms with Gasteiger partial charge in [-0.2, -0.15) is 0 Å². The van der Waals surface area contributed by atoms with Crippen molar-refractivity contribution >= 4 is 28.5 Å². The number of thioether (sulfide) groups is 1. The lowest BCUT2D eigenvalue weighted by atomic mass is 10.0. The predicted molar refractivity (Wildman–Crippen MR) is 95.6 cm³/mol. The molecular formula is C17H18ClN3OS. The van der Waals surface area contributed by atoms with Crippen molar-refractivity contribution in [3.8, 4) is 0 Å². The topological polar surface area (TPSA) is 48.7 Å². The molecule has 1 fully saturated rings. The molecule has 1 atom stereocenters. The molecule has 3 rings (SSSR count). The Morgan fingerprint density at radius 2 is 1.96 bits per heavy atom. The average molecular weight is 348 g/mol. The molecule has 1 N–H and O–H groups in total. The van der Waals surface area contributed by atoms with E-state index in [2.05, 4.69) is 9.98 Å². The predicted octanol–water partition coefficient (Wildman–Crippen LogP) is 3.51. The van der Waals surface area contributed by atoms with Crippen LogP contribution in [0.3, 0.4) is 0 Å². The zero-order valence-electron chi connectivity index (χ0n) is 12.8. The van der Waals surface area contributed by atoms with Crippen LogP contribution in [0.5, 0.6) is 0 Å². The van der Waals surface area contributed by atoms with Crippen molar-refractivity contribution in [3.05, 3.63) is 64.9 Å². The van der Waals surface area contributed by atoms with E-state index in [1.54, 1.807) is 36.3 Å². The maximum Gasteiger partial charge on any atom is 0.175 e. The number of halogens is 1. The molecule has 0 amide bonds. The van der Waals surface area contributed by atoms with E-state index in [1.807, 2.05) is 36.1 Å². The van der Waals surface area contributed by atoms with E-state index < -0.39 is 5.72 Å². The van der Waals surface area contributed by atoms with Crippen molar-refractivity contribution in [3.63, 3.8) is 0 Å². The summed E-state index contributed by atoms with van der Waals surface area (Å²) in [6, 6.07) is 11.3. The van der Waals surface area contributed by atoms with Crippen molar-refractivity contribution in [2.24, 2.45) is 4.99 Å². The van der Waals surface area contributed by atoms with E-state index in [-0.39, 0.29) is 0 Å². The number of benzene rings is 1. The van der Waals surface area contributed by atoms with Crippen LogP contribution in [0.4, 0.5) is 0 Å². The molecule has 0 saturated carbocycles. The van der Waals surface area contributed by atoms with Crippen LogP contribution in [0.1, 0.15) is 18.1 Å². The SMILES string of the molecule is CCN1C(=NCc2ccncc2)SCC1(O)c1ccc(Cl)cc1. The molecule has 0 bridgehead atoms. The molecule has 120 valence electrons. The van der Waals surface area contributed by atoms with E-state index in [0.717, 1.165) is 16.3 Å². The lowest BCUT2D eigenvalue weighted by Gasteiger charge is -2.33. The third kappa shape index (κ3) is 3.37. The Labute approximate surface area is 145 Å². The molecule has 0 radical (unpaired) electrons. The average Bonchev–Trinajstić information content (AvgIpc) is 2.91. The molecule has 1 aliphatic heterocycles. The van der Waals surface area contributed by atoms with Crippen LogP contribution in [-0.2, 0) is 12.3 Å². The largest absolute Gasteiger partial charge is 0.366 e. The normalized spacial score (nSPS) is 22.7. The Bertz CT molecular complexity index is 693. The van der Waals surface area contributed by atoms with Gasteiger partial charge in [-0.05, 0) is 36.8 Å². The number of aliphatic hydroxyl groups is 1. The molecule has 6 heteroatoms. The number of rotatable bonds is 4. The molecule has 2 heterocycles. The van der Waals surface area contributed by atoms with E-state index in [1.165, 1.54) is 0 Å². The van der Waals surface area contributed by atoms with Gasteiger partial charge >= 0.3 is 0 Å². The summed E-state index contributed by atoms with van der Waals surface area (Å²) in [6.45, 7) is 3.29. The van der Waals surface area contributed by atoms with Crippen molar-refractivity contribution in [2.75, 3.05) is 12.3 Å². The lowest BCUT2D eigenvalue weighted by molar-refractivity contribution is -0.0453. The van der Waals surface area contributed by atoms with Gasteiger partial charge in [0.1, 0.15) is 0 Å². The van der Waals surface area contributed by atoms with Crippen molar-refractivity contribution < 1.29 is 5.11 Å². The van der Waals surface area contributed by atoms with E-state index in [9.17, 15) is 5.11 Å². The zero-order chi connectivity index (χ0) is 16.3. The first-order valence-electron chi connectivity index (χ1n) is 7.45. The van der Waals surface area contributed by atoms with E-state index in [4.69, 9.17) is 11.6 Å². The number of pyridine rings is 1. The molecule has 4 nitrogen and oxygen atoms in total. The highest BCUT2D eigenvalue weighted by Crippen LogP contribution is 2.39. The quantitative estimate of drug-likeness (QED) is 0.919. The van der Waals surface area contributed by atoms with Crippen molar-refractivity contribution in [2.45, 2.75) is 19.2 Å². The number of hydrogen-bond acceptors (Lipinski definition) is 4. The Balaban J connectivity index is 1.83. The van der Waals surface area contributed by atoms with E-state index in [0.29, 0.717) is 23.9 Å². The fourth-order valence-electron chi connectivity index (χ4n) is 2.61. The fourth-order valence-corrected chi connectivity index (χ4v) is 3.98. The Kier molecular flexibility index (Phi) is 4.90. The van der Waals surface area contributed by atoms with Crippen LogP contribution in [0.25, 0.3) is 0 Å². The summed E-state index contributed by atoms with van der Waals surface area (Å²) in [5.41, 5.74) is 0.901. The van der Waals surface area contributed by atoms with Crippen LogP contribution < -0.4 is 0 Å². The summed E-state index contributed by atoms with van der Waals surface area (Å²) in [4.78, 5) is 10.6. The van der Waals surface area contributed by atoms with Gasteiger partial charge in [0.15, 0.2) is 10.9 Å². The maximum atomic E-state index is 11.2. The summed E-state index contributed by atoms with van der Waals surface area (Å²) in [5, 5.41) is 12.7. The number of aliphatic imine (C=N–C) groups is 1. The Hall–Kier alpha value is -1.56. The molecule has 0 aliphatic carbocycles.